The van der Waals surface area contributed by atoms with E-state index in [1.54, 1.807) is 0 Å². The SMILES string of the molecule is O=C(O)CCC1[CH]C1. The molecule has 45 valence electrons. The largest absolute Gasteiger partial charge is 0.481 e. The topological polar surface area (TPSA) is 37.3 Å². The van der Waals surface area contributed by atoms with E-state index in [4.69, 9.17) is 5.11 Å². The average molecular weight is 113 g/mol. The van der Waals surface area contributed by atoms with Crippen molar-refractivity contribution < 1.29 is 9.90 Å². The van der Waals surface area contributed by atoms with Gasteiger partial charge in [0.1, 0.15) is 0 Å². The second-order valence-corrected chi connectivity index (χ2v) is 2.16. The Morgan fingerprint density at radius 1 is 1.88 bits per heavy atom. The van der Waals surface area contributed by atoms with E-state index in [0.717, 1.165) is 12.8 Å². The molecule has 1 aliphatic carbocycles. The molecule has 2 nitrogen and oxygen atoms in total. The molecule has 1 aliphatic rings. The van der Waals surface area contributed by atoms with Crippen LogP contribution in [0.25, 0.3) is 0 Å². The number of hydrogen-bond donors (Lipinski definition) is 1. The first-order chi connectivity index (χ1) is 3.79. The maximum atomic E-state index is 9.92. The fraction of sp³-hybridized carbons (Fsp3) is 0.667. The maximum absolute atomic E-state index is 9.92. The first-order valence-corrected chi connectivity index (χ1v) is 2.84. The predicted octanol–water partition coefficient (Wildman–Crippen LogP) is 1.08. The Morgan fingerprint density at radius 2 is 2.50 bits per heavy atom. The van der Waals surface area contributed by atoms with E-state index in [2.05, 4.69) is 6.42 Å². The van der Waals surface area contributed by atoms with Crippen molar-refractivity contribution in [2.75, 3.05) is 0 Å². The second-order valence-electron chi connectivity index (χ2n) is 2.16. The molecule has 1 N–H and O–H groups in total. The summed E-state index contributed by atoms with van der Waals surface area (Å²) in [4.78, 5) is 9.92. The summed E-state index contributed by atoms with van der Waals surface area (Å²) in [5.74, 6) is -0.0450. The lowest BCUT2D eigenvalue weighted by Gasteiger charge is -1.87. The van der Waals surface area contributed by atoms with Crippen LogP contribution in [-0.2, 0) is 4.79 Å². The molecule has 0 bridgehead atoms. The normalized spacial score (nSPS) is 18.5. The van der Waals surface area contributed by atoms with Gasteiger partial charge >= 0.3 is 5.97 Å². The quantitative estimate of drug-likeness (QED) is 0.594. The fourth-order valence-electron chi connectivity index (χ4n) is 0.641. The third-order valence-corrected chi connectivity index (χ3v) is 1.30. The van der Waals surface area contributed by atoms with E-state index in [-0.39, 0.29) is 0 Å². The highest BCUT2D eigenvalue weighted by molar-refractivity contribution is 5.66. The summed E-state index contributed by atoms with van der Waals surface area (Å²) in [6, 6.07) is 0. The summed E-state index contributed by atoms with van der Waals surface area (Å²) in [5.41, 5.74) is 0. The third kappa shape index (κ3) is 1.96. The Bertz CT molecular complexity index is 94.7. The summed E-state index contributed by atoms with van der Waals surface area (Å²) in [7, 11) is 0. The number of carboxylic acids is 1. The van der Waals surface area contributed by atoms with Crippen molar-refractivity contribution in [3.8, 4) is 0 Å². The monoisotopic (exact) mass is 113 g/mol. The molecule has 1 radical (unpaired) electrons. The number of rotatable bonds is 3. The van der Waals surface area contributed by atoms with Gasteiger partial charge in [0.2, 0.25) is 0 Å². The maximum Gasteiger partial charge on any atom is 0.303 e. The molecule has 0 aromatic heterocycles. The summed E-state index contributed by atoms with van der Waals surface area (Å²) in [6.07, 6.45) is 4.45. The highest BCUT2D eigenvalue weighted by atomic mass is 16.4. The van der Waals surface area contributed by atoms with Crippen LogP contribution in [0.1, 0.15) is 19.3 Å². The standard InChI is InChI=1S/C6H9O2/c7-6(8)4-3-5-1-2-5/h1,5H,2-4H2,(H,7,8). The molecule has 8 heavy (non-hydrogen) atoms. The molecule has 2 heteroatoms. The van der Waals surface area contributed by atoms with Gasteiger partial charge in [0.25, 0.3) is 0 Å². The zero-order valence-electron chi connectivity index (χ0n) is 4.63. The lowest BCUT2D eigenvalue weighted by molar-refractivity contribution is -0.137. The van der Waals surface area contributed by atoms with Gasteiger partial charge in [-0.05, 0) is 25.2 Å². The Hall–Kier alpha value is -0.530. The van der Waals surface area contributed by atoms with Gasteiger partial charge in [0.15, 0.2) is 0 Å². The second kappa shape index (κ2) is 2.16. The van der Waals surface area contributed by atoms with Crippen LogP contribution >= 0.6 is 0 Å². The highest BCUT2D eigenvalue weighted by Gasteiger charge is 2.21. The van der Waals surface area contributed by atoms with Gasteiger partial charge in [-0.25, -0.2) is 0 Å². The van der Waals surface area contributed by atoms with Crippen molar-refractivity contribution in [3.05, 3.63) is 6.42 Å². The Labute approximate surface area is 48.5 Å². The van der Waals surface area contributed by atoms with Gasteiger partial charge in [0.05, 0.1) is 0 Å². The number of aliphatic carboxylic acids is 1. The van der Waals surface area contributed by atoms with Crippen molar-refractivity contribution in [2.24, 2.45) is 5.92 Å². The van der Waals surface area contributed by atoms with Gasteiger partial charge in [0, 0.05) is 6.42 Å². The average Bonchev–Trinajstić information content (AvgIpc) is 2.41. The van der Waals surface area contributed by atoms with Crippen molar-refractivity contribution in [2.45, 2.75) is 19.3 Å². The smallest absolute Gasteiger partial charge is 0.303 e. The molecule has 1 atom stereocenters. The molecule has 1 rings (SSSR count). The van der Waals surface area contributed by atoms with Gasteiger partial charge in [-0.1, -0.05) is 0 Å². The van der Waals surface area contributed by atoms with Crippen molar-refractivity contribution in [3.63, 3.8) is 0 Å². The zero-order valence-corrected chi connectivity index (χ0v) is 4.63. The highest BCUT2D eigenvalue weighted by Crippen LogP contribution is 2.31. The van der Waals surface area contributed by atoms with Crippen molar-refractivity contribution in [1.29, 1.82) is 0 Å². The van der Waals surface area contributed by atoms with Gasteiger partial charge in [-0.2, -0.15) is 0 Å². The Morgan fingerprint density at radius 3 is 2.88 bits per heavy atom. The molecule has 0 aromatic rings. The minimum absolute atomic E-state index is 0.334. The summed E-state index contributed by atoms with van der Waals surface area (Å²) < 4.78 is 0. The van der Waals surface area contributed by atoms with E-state index in [1.807, 2.05) is 0 Å². The molecule has 0 heterocycles. The molecule has 0 saturated heterocycles. The summed E-state index contributed by atoms with van der Waals surface area (Å²) in [5, 5.41) is 8.18. The first kappa shape index (κ1) is 5.60. The molecule has 0 amide bonds. The van der Waals surface area contributed by atoms with Crippen molar-refractivity contribution in [1.82, 2.24) is 0 Å². The van der Waals surface area contributed by atoms with Crippen LogP contribution < -0.4 is 0 Å². The predicted molar refractivity (Wildman–Crippen MR) is 29.3 cm³/mol. The number of carboxylic acid groups (broad SMARTS) is 1. The fourth-order valence-corrected chi connectivity index (χ4v) is 0.641. The van der Waals surface area contributed by atoms with Crippen LogP contribution in [0.5, 0.6) is 0 Å². The molecule has 0 aliphatic heterocycles. The van der Waals surface area contributed by atoms with Gasteiger partial charge in [-0.15, -0.1) is 0 Å². The van der Waals surface area contributed by atoms with Crippen LogP contribution in [0.15, 0.2) is 0 Å². The van der Waals surface area contributed by atoms with Crippen LogP contribution in [-0.4, -0.2) is 11.1 Å². The number of hydrogen-bond acceptors (Lipinski definition) is 1. The Balaban J connectivity index is 1.95. The van der Waals surface area contributed by atoms with E-state index in [9.17, 15) is 4.79 Å². The van der Waals surface area contributed by atoms with Crippen LogP contribution in [0, 0.1) is 12.3 Å². The van der Waals surface area contributed by atoms with Crippen LogP contribution in [0.2, 0.25) is 0 Å². The summed E-state index contributed by atoms with van der Waals surface area (Å²) in [6.45, 7) is 0. The molecular formula is C6H9O2. The van der Waals surface area contributed by atoms with Gasteiger partial charge < -0.3 is 5.11 Å². The lowest BCUT2D eigenvalue weighted by Crippen LogP contribution is -1.93. The van der Waals surface area contributed by atoms with Crippen LogP contribution in [0.4, 0.5) is 0 Å². The molecule has 1 saturated carbocycles. The molecular weight excluding hydrogens is 104 g/mol. The minimum atomic E-state index is -0.676. The van der Waals surface area contributed by atoms with E-state index in [0.29, 0.717) is 12.3 Å². The Kier molecular flexibility index (Phi) is 1.51. The molecule has 0 spiro atoms. The zero-order chi connectivity index (χ0) is 5.98. The molecule has 1 fully saturated rings. The number of carbonyl (C=O) groups is 1. The minimum Gasteiger partial charge on any atom is -0.481 e. The third-order valence-electron chi connectivity index (χ3n) is 1.30. The molecule has 0 aromatic carbocycles. The lowest BCUT2D eigenvalue weighted by atomic mass is 10.2. The summed E-state index contributed by atoms with van der Waals surface area (Å²) >= 11 is 0. The molecule has 1 unspecified atom stereocenters. The van der Waals surface area contributed by atoms with Gasteiger partial charge in [-0.3, -0.25) is 4.79 Å². The van der Waals surface area contributed by atoms with E-state index >= 15 is 0 Å². The van der Waals surface area contributed by atoms with Crippen LogP contribution in [0.3, 0.4) is 0 Å². The van der Waals surface area contributed by atoms with E-state index in [1.165, 1.54) is 0 Å². The van der Waals surface area contributed by atoms with E-state index < -0.39 is 5.97 Å². The van der Waals surface area contributed by atoms with Crippen molar-refractivity contribution >= 4 is 5.97 Å². The first-order valence-electron chi connectivity index (χ1n) is 2.84.